The highest BCUT2D eigenvalue weighted by molar-refractivity contribution is 9.10. The van der Waals surface area contributed by atoms with Crippen molar-refractivity contribution in [3.8, 4) is 11.1 Å². The zero-order chi connectivity index (χ0) is 26.2. The minimum absolute atomic E-state index is 0.0136. The third kappa shape index (κ3) is 4.78. The van der Waals surface area contributed by atoms with E-state index in [9.17, 15) is 18.0 Å². The van der Waals surface area contributed by atoms with Crippen LogP contribution >= 0.6 is 15.9 Å². The van der Waals surface area contributed by atoms with Crippen molar-refractivity contribution < 1.29 is 13.2 Å². The van der Waals surface area contributed by atoms with Gasteiger partial charge in [-0.1, -0.05) is 34.1 Å². The number of nitrogens with two attached hydrogens (primary N) is 1. The average Bonchev–Trinajstić information content (AvgIpc) is 3.17. The van der Waals surface area contributed by atoms with Gasteiger partial charge in [0.25, 0.3) is 21.5 Å². The second kappa shape index (κ2) is 9.68. The Morgan fingerprint density at radius 2 is 1.84 bits per heavy atom. The summed E-state index contributed by atoms with van der Waals surface area (Å²) in [6.45, 7) is 0.170. The summed E-state index contributed by atoms with van der Waals surface area (Å²) in [5.74, 6) is -0.578. The molecule has 0 aliphatic rings. The van der Waals surface area contributed by atoms with Crippen LogP contribution in [0.2, 0.25) is 0 Å². The number of aromatic nitrogens is 3. The molecule has 0 saturated carbocycles. The van der Waals surface area contributed by atoms with Crippen LogP contribution in [0.3, 0.4) is 0 Å². The third-order valence-electron chi connectivity index (χ3n) is 5.79. The van der Waals surface area contributed by atoms with Crippen molar-refractivity contribution >= 4 is 48.6 Å². The molecule has 4 N–H and O–H groups in total. The maximum atomic E-state index is 13.8. The second-order valence-electron chi connectivity index (χ2n) is 8.22. The van der Waals surface area contributed by atoms with Crippen LogP contribution in [0.5, 0.6) is 0 Å². The number of pyridine rings is 2. The zero-order valence-electron chi connectivity index (χ0n) is 19.2. The molecule has 0 atom stereocenters. The molecule has 0 bridgehead atoms. The molecule has 1 amide bonds. The van der Waals surface area contributed by atoms with E-state index < -0.39 is 21.5 Å². The number of sulfonamides is 1. The first-order chi connectivity index (χ1) is 17.7. The minimum Gasteiger partial charge on any atom is -0.384 e. The van der Waals surface area contributed by atoms with Gasteiger partial charge in [-0.3, -0.25) is 9.59 Å². The fraction of sp³-hybridized carbons (Fsp3) is 0.0385. The van der Waals surface area contributed by atoms with Gasteiger partial charge < -0.3 is 15.3 Å². The van der Waals surface area contributed by atoms with Crippen LogP contribution in [0.1, 0.15) is 16.1 Å². The van der Waals surface area contributed by atoms with E-state index in [0.29, 0.717) is 22.3 Å². The van der Waals surface area contributed by atoms with Crippen LogP contribution in [0, 0.1) is 0 Å². The summed E-state index contributed by atoms with van der Waals surface area (Å²) in [6, 6.07) is 19.6. The lowest BCUT2D eigenvalue weighted by Gasteiger charge is -2.13. The number of benzene rings is 2. The molecule has 0 aliphatic heterocycles. The van der Waals surface area contributed by atoms with Crippen molar-refractivity contribution in [2.75, 3.05) is 5.73 Å². The maximum absolute atomic E-state index is 13.8. The first kappa shape index (κ1) is 24.5. The first-order valence-electron chi connectivity index (χ1n) is 11.1. The fourth-order valence-corrected chi connectivity index (χ4v) is 5.56. The number of carbonyl (C=O) groups is 1. The number of aromatic amines is 1. The Labute approximate surface area is 220 Å². The number of carbonyl (C=O) groups excluding carboxylic acids is 1. The van der Waals surface area contributed by atoms with Crippen molar-refractivity contribution in [1.29, 1.82) is 0 Å². The summed E-state index contributed by atoms with van der Waals surface area (Å²) in [6.07, 6.45) is 3.04. The van der Waals surface area contributed by atoms with Crippen LogP contribution in [-0.2, 0) is 16.6 Å². The van der Waals surface area contributed by atoms with Crippen molar-refractivity contribution in [2.24, 2.45) is 0 Å². The first-order valence-corrected chi connectivity index (χ1v) is 13.3. The number of fused-ring (bicyclic) bond motifs is 1. The summed E-state index contributed by atoms with van der Waals surface area (Å²) in [5, 5.41) is 0.593. The van der Waals surface area contributed by atoms with Gasteiger partial charge in [0.05, 0.1) is 4.90 Å². The Bertz CT molecular complexity index is 1810. The topological polar surface area (TPSA) is 140 Å². The van der Waals surface area contributed by atoms with E-state index in [1.165, 1.54) is 18.3 Å². The Kier molecular flexibility index (Phi) is 6.40. The average molecular weight is 578 g/mol. The Morgan fingerprint density at radius 3 is 2.57 bits per heavy atom. The van der Waals surface area contributed by atoms with Crippen LogP contribution in [0.4, 0.5) is 5.82 Å². The van der Waals surface area contributed by atoms with Crippen molar-refractivity contribution in [1.82, 2.24) is 19.3 Å². The van der Waals surface area contributed by atoms with Gasteiger partial charge in [0.2, 0.25) is 0 Å². The molecule has 0 unspecified atom stereocenters. The second-order valence-corrected chi connectivity index (χ2v) is 10.8. The van der Waals surface area contributed by atoms with Gasteiger partial charge in [-0.25, -0.2) is 18.1 Å². The zero-order valence-corrected chi connectivity index (χ0v) is 21.6. The molecule has 0 spiro atoms. The largest absolute Gasteiger partial charge is 0.384 e. The van der Waals surface area contributed by atoms with E-state index >= 15 is 0 Å². The van der Waals surface area contributed by atoms with Gasteiger partial charge in [0.1, 0.15) is 11.5 Å². The molecule has 5 rings (SSSR count). The van der Waals surface area contributed by atoms with E-state index in [1.54, 1.807) is 71.4 Å². The van der Waals surface area contributed by atoms with Crippen LogP contribution in [-0.4, -0.2) is 28.9 Å². The van der Waals surface area contributed by atoms with Gasteiger partial charge in [-0.2, -0.15) is 0 Å². The lowest BCUT2D eigenvalue weighted by atomic mass is 10.0. The molecule has 37 heavy (non-hydrogen) atoms. The van der Waals surface area contributed by atoms with E-state index in [0.717, 1.165) is 10.0 Å². The summed E-state index contributed by atoms with van der Waals surface area (Å²) in [5.41, 5.74) is 7.36. The Balaban J connectivity index is 1.78. The van der Waals surface area contributed by atoms with E-state index in [4.69, 9.17) is 5.73 Å². The summed E-state index contributed by atoms with van der Waals surface area (Å²) in [7, 11) is -4.20. The molecule has 3 aromatic heterocycles. The monoisotopic (exact) mass is 577 g/mol. The lowest BCUT2D eigenvalue weighted by molar-refractivity contribution is 0.0974. The molecule has 9 nitrogen and oxygen atoms in total. The number of hydrogen-bond donors (Lipinski definition) is 3. The Hall–Kier alpha value is -4.22. The number of nitrogen functional groups attached to an aromatic ring is 1. The van der Waals surface area contributed by atoms with Gasteiger partial charge in [-0.15, -0.1) is 0 Å². The van der Waals surface area contributed by atoms with Crippen LogP contribution < -0.4 is 16.0 Å². The number of H-pyrrole nitrogens is 1. The van der Waals surface area contributed by atoms with Crippen LogP contribution in [0.15, 0.2) is 99.4 Å². The van der Waals surface area contributed by atoms with Gasteiger partial charge >= 0.3 is 0 Å². The predicted octanol–water partition coefficient (Wildman–Crippen LogP) is 3.90. The van der Waals surface area contributed by atoms with Gasteiger partial charge in [-0.05, 0) is 60.2 Å². The summed E-state index contributed by atoms with van der Waals surface area (Å²) >= 11 is 3.47. The molecule has 2 aromatic carbocycles. The molecule has 186 valence electrons. The number of halogens is 1. The molecule has 0 saturated heterocycles. The molecule has 0 aliphatic carbocycles. The number of anilines is 1. The molecular formula is C26H20BrN5O4S. The normalized spacial score (nSPS) is 11.5. The molecule has 0 radical (unpaired) electrons. The minimum atomic E-state index is -4.20. The van der Waals surface area contributed by atoms with Crippen molar-refractivity contribution in [3.05, 3.63) is 111 Å². The highest BCUT2D eigenvalue weighted by Gasteiger charge is 2.29. The van der Waals surface area contributed by atoms with E-state index in [1.807, 2.05) is 0 Å². The SMILES string of the molecule is Nc1cc(Cn2c(C(=O)NS(=O)(=O)c3ccccc3)c(-c3ccc[nH]c3=O)c3cc(Br)ccc32)ccn1. The molecule has 3 heterocycles. The van der Waals surface area contributed by atoms with Crippen molar-refractivity contribution in [3.63, 3.8) is 0 Å². The fourth-order valence-electron chi connectivity index (χ4n) is 4.22. The van der Waals surface area contributed by atoms with Gasteiger partial charge in [0, 0.05) is 45.4 Å². The smallest absolute Gasteiger partial charge is 0.282 e. The summed E-state index contributed by atoms with van der Waals surface area (Å²) < 4.78 is 30.7. The van der Waals surface area contributed by atoms with Gasteiger partial charge in [0.15, 0.2) is 0 Å². The molecule has 0 fully saturated rings. The van der Waals surface area contributed by atoms with Crippen LogP contribution in [0.25, 0.3) is 22.0 Å². The predicted molar refractivity (Wildman–Crippen MR) is 145 cm³/mol. The third-order valence-corrected chi connectivity index (χ3v) is 7.63. The quantitative estimate of drug-likeness (QED) is 0.279. The highest BCUT2D eigenvalue weighted by Crippen LogP contribution is 2.36. The number of amides is 1. The maximum Gasteiger partial charge on any atom is 0.282 e. The Morgan fingerprint density at radius 1 is 1.05 bits per heavy atom. The standard InChI is InChI=1S/C26H20BrN5O4S/c27-17-8-9-21-20(14-17)23(19-7-4-11-30-25(19)33)24(32(21)15-16-10-12-29-22(28)13-16)26(34)31-37(35,36)18-5-2-1-3-6-18/h1-14H,15H2,(H2,28,29)(H,30,33)(H,31,34). The summed E-state index contributed by atoms with van der Waals surface area (Å²) in [4.78, 5) is 33.3. The molecule has 11 heteroatoms. The number of nitrogens with zero attached hydrogens (tertiary/aromatic N) is 2. The number of nitrogens with one attached hydrogen (secondary N) is 2. The van der Waals surface area contributed by atoms with Crippen molar-refractivity contribution in [2.45, 2.75) is 11.4 Å². The number of hydrogen-bond acceptors (Lipinski definition) is 6. The highest BCUT2D eigenvalue weighted by atomic mass is 79.9. The molecule has 5 aromatic rings. The molecular weight excluding hydrogens is 558 g/mol. The lowest BCUT2D eigenvalue weighted by Crippen LogP contribution is -2.32. The van der Waals surface area contributed by atoms with E-state index in [2.05, 4.69) is 30.6 Å². The number of rotatable bonds is 6. The van der Waals surface area contributed by atoms with E-state index in [-0.39, 0.29) is 22.7 Å².